The van der Waals surface area contributed by atoms with E-state index >= 15 is 0 Å². The number of benzene rings is 2. The number of rotatable bonds is 5. The van der Waals surface area contributed by atoms with Crippen LogP contribution >= 0.6 is 0 Å². The fourth-order valence-corrected chi connectivity index (χ4v) is 3.91. The van der Waals surface area contributed by atoms with Gasteiger partial charge in [0, 0.05) is 43.0 Å². The molecule has 9 nitrogen and oxygen atoms in total. The standard InChI is InChI=1S/C29H36N4O5/c1-21(30-28(36)38-29(2,3)4)25(26(34)37-5)31-27(35)33-19-17-32(18-20-33)24-15-13-23(14-16-24)12-11-22-9-7-6-8-10-22/h6-10,13-16,21,25H,17-20H2,1-5H3,(H,30,36)(H,31,35)/t21-,25+/m1/s1. The van der Waals surface area contributed by atoms with Crippen LogP contribution in [0.25, 0.3) is 0 Å². The maximum absolute atomic E-state index is 13.0. The van der Waals surface area contributed by atoms with Crippen LogP contribution in [0.15, 0.2) is 54.6 Å². The third-order valence-electron chi connectivity index (χ3n) is 5.90. The number of urea groups is 1. The molecule has 0 aromatic heterocycles. The highest BCUT2D eigenvalue weighted by Gasteiger charge is 2.32. The second-order valence-corrected chi connectivity index (χ2v) is 10.0. The van der Waals surface area contributed by atoms with Gasteiger partial charge in [-0.3, -0.25) is 0 Å². The van der Waals surface area contributed by atoms with Crippen LogP contribution in [-0.2, 0) is 14.3 Å². The number of nitrogens with one attached hydrogen (secondary N) is 2. The van der Waals surface area contributed by atoms with Crippen molar-refractivity contribution in [1.29, 1.82) is 0 Å². The summed E-state index contributed by atoms with van der Waals surface area (Å²) in [4.78, 5) is 41.3. The van der Waals surface area contributed by atoms with Gasteiger partial charge in [-0.1, -0.05) is 30.0 Å². The Morgan fingerprint density at radius 2 is 1.45 bits per heavy atom. The lowest BCUT2D eigenvalue weighted by Gasteiger charge is -2.37. The van der Waals surface area contributed by atoms with E-state index in [2.05, 4.69) is 27.4 Å². The minimum absolute atomic E-state index is 0.399. The van der Waals surface area contributed by atoms with Crippen molar-refractivity contribution >= 4 is 23.8 Å². The molecule has 0 unspecified atom stereocenters. The maximum atomic E-state index is 13.0. The Morgan fingerprint density at radius 3 is 2.00 bits per heavy atom. The summed E-state index contributed by atoms with van der Waals surface area (Å²) in [7, 11) is 1.24. The van der Waals surface area contributed by atoms with E-state index in [1.54, 1.807) is 32.6 Å². The summed E-state index contributed by atoms with van der Waals surface area (Å²) >= 11 is 0. The van der Waals surface area contributed by atoms with Crippen LogP contribution in [0, 0.1) is 11.8 Å². The lowest BCUT2D eigenvalue weighted by molar-refractivity contribution is -0.143. The van der Waals surface area contributed by atoms with E-state index in [1.807, 2.05) is 54.6 Å². The molecule has 0 radical (unpaired) electrons. The van der Waals surface area contributed by atoms with E-state index in [9.17, 15) is 14.4 Å². The van der Waals surface area contributed by atoms with E-state index in [4.69, 9.17) is 9.47 Å². The fourth-order valence-electron chi connectivity index (χ4n) is 3.91. The van der Waals surface area contributed by atoms with Crippen LogP contribution in [0.5, 0.6) is 0 Å². The van der Waals surface area contributed by atoms with Gasteiger partial charge in [0.05, 0.1) is 13.2 Å². The summed E-state index contributed by atoms with van der Waals surface area (Å²) < 4.78 is 10.1. The van der Waals surface area contributed by atoms with Crippen LogP contribution < -0.4 is 15.5 Å². The summed E-state index contributed by atoms with van der Waals surface area (Å²) in [6.45, 7) is 9.05. The van der Waals surface area contributed by atoms with Crippen molar-refractivity contribution < 1.29 is 23.9 Å². The number of hydrogen-bond donors (Lipinski definition) is 2. The molecule has 1 aliphatic rings. The van der Waals surface area contributed by atoms with Crippen molar-refractivity contribution in [3.05, 3.63) is 65.7 Å². The smallest absolute Gasteiger partial charge is 0.407 e. The second kappa shape index (κ2) is 12.9. The zero-order valence-electron chi connectivity index (χ0n) is 22.6. The van der Waals surface area contributed by atoms with Crippen molar-refractivity contribution in [1.82, 2.24) is 15.5 Å². The van der Waals surface area contributed by atoms with Gasteiger partial charge in [0.1, 0.15) is 11.6 Å². The van der Waals surface area contributed by atoms with Crippen LogP contribution in [0.3, 0.4) is 0 Å². The molecule has 2 aromatic carbocycles. The molecule has 202 valence electrons. The number of carbonyl (C=O) groups is 3. The highest BCUT2D eigenvalue weighted by Crippen LogP contribution is 2.17. The molecule has 1 saturated heterocycles. The monoisotopic (exact) mass is 520 g/mol. The molecule has 1 heterocycles. The average molecular weight is 521 g/mol. The predicted octanol–water partition coefficient (Wildman–Crippen LogP) is 3.37. The van der Waals surface area contributed by atoms with E-state index in [1.165, 1.54) is 7.11 Å². The van der Waals surface area contributed by atoms with Gasteiger partial charge >= 0.3 is 18.1 Å². The SMILES string of the molecule is COC(=O)[C@@H](NC(=O)N1CCN(c2ccc(C#Cc3ccccc3)cc2)CC1)[C@@H](C)NC(=O)OC(C)(C)C. The Hall–Kier alpha value is -4.19. The van der Waals surface area contributed by atoms with Gasteiger partial charge in [-0.2, -0.15) is 0 Å². The predicted molar refractivity (Wildman–Crippen MR) is 146 cm³/mol. The Labute approximate surface area is 224 Å². The van der Waals surface area contributed by atoms with Crippen LogP contribution in [0.2, 0.25) is 0 Å². The van der Waals surface area contributed by atoms with E-state index < -0.39 is 35.8 Å². The minimum Gasteiger partial charge on any atom is -0.467 e. The zero-order chi connectivity index (χ0) is 27.7. The molecule has 2 aromatic rings. The number of anilines is 1. The van der Waals surface area contributed by atoms with Gasteiger partial charge in [0.25, 0.3) is 0 Å². The normalized spacial score (nSPS) is 14.9. The van der Waals surface area contributed by atoms with Crippen molar-refractivity contribution in [2.45, 2.75) is 45.4 Å². The lowest BCUT2D eigenvalue weighted by atomic mass is 10.1. The Balaban J connectivity index is 1.54. The minimum atomic E-state index is -1.07. The first-order valence-corrected chi connectivity index (χ1v) is 12.6. The molecule has 0 bridgehead atoms. The van der Waals surface area contributed by atoms with E-state index in [-0.39, 0.29) is 0 Å². The molecule has 2 atom stereocenters. The summed E-state index contributed by atoms with van der Waals surface area (Å²) in [5.74, 6) is 5.67. The number of amides is 3. The number of ether oxygens (including phenoxy) is 2. The first-order valence-electron chi connectivity index (χ1n) is 12.6. The largest absolute Gasteiger partial charge is 0.467 e. The van der Waals surface area contributed by atoms with Crippen LogP contribution in [-0.4, -0.2) is 74.0 Å². The summed E-state index contributed by atoms with van der Waals surface area (Å²) in [6, 6.07) is 15.7. The lowest BCUT2D eigenvalue weighted by Crippen LogP contribution is -2.59. The van der Waals surface area contributed by atoms with Gasteiger partial charge < -0.3 is 29.9 Å². The Morgan fingerprint density at radius 1 is 0.868 bits per heavy atom. The molecule has 1 aliphatic heterocycles. The highest BCUT2D eigenvalue weighted by molar-refractivity contribution is 5.85. The number of alkyl carbamates (subject to hydrolysis) is 1. The third kappa shape index (κ3) is 8.44. The Kier molecular flexibility index (Phi) is 9.61. The first-order chi connectivity index (χ1) is 18.1. The molecule has 0 aliphatic carbocycles. The molecular weight excluding hydrogens is 484 g/mol. The Bertz CT molecular complexity index is 1160. The van der Waals surface area contributed by atoms with Crippen molar-refractivity contribution in [2.75, 3.05) is 38.2 Å². The summed E-state index contributed by atoms with van der Waals surface area (Å²) in [5.41, 5.74) is 2.26. The van der Waals surface area contributed by atoms with Gasteiger partial charge in [-0.15, -0.1) is 0 Å². The first kappa shape index (κ1) is 28.4. The summed E-state index contributed by atoms with van der Waals surface area (Å²) in [5, 5.41) is 5.30. The number of piperazine rings is 1. The third-order valence-corrected chi connectivity index (χ3v) is 5.90. The molecule has 38 heavy (non-hydrogen) atoms. The van der Waals surface area contributed by atoms with Crippen LogP contribution in [0.1, 0.15) is 38.8 Å². The molecule has 0 saturated carbocycles. The molecule has 2 N–H and O–H groups in total. The highest BCUT2D eigenvalue weighted by atomic mass is 16.6. The van der Waals surface area contributed by atoms with Gasteiger partial charge in [0.15, 0.2) is 0 Å². The zero-order valence-corrected chi connectivity index (χ0v) is 22.6. The quantitative estimate of drug-likeness (QED) is 0.463. The molecule has 1 fully saturated rings. The van der Waals surface area contributed by atoms with Crippen molar-refractivity contribution in [3.8, 4) is 11.8 Å². The van der Waals surface area contributed by atoms with Crippen molar-refractivity contribution in [2.24, 2.45) is 0 Å². The fraction of sp³-hybridized carbons (Fsp3) is 0.414. The summed E-state index contributed by atoms with van der Waals surface area (Å²) in [6.07, 6.45) is -0.682. The number of esters is 1. The molecule has 9 heteroatoms. The average Bonchev–Trinajstić information content (AvgIpc) is 2.89. The van der Waals surface area contributed by atoms with Gasteiger partial charge in [-0.25, -0.2) is 14.4 Å². The molecular formula is C29H36N4O5. The topological polar surface area (TPSA) is 100 Å². The molecule has 3 amide bonds. The van der Waals surface area contributed by atoms with Crippen LogP contribution in [0.4, 0.5) is 15.3 Å². The number of methoxy groups -OCH3 is 1. The maximum Gasteiger partial charge on any atom is 0.407 e. The molecule has 0 spiro atoms. The van der Waals surface area contributed by atoms with Gasteiger partial charge in [0.2, 0.25) is 0 Å². The number of hydrogen-bond acceptors (Lipinski definition) is 6. The number of nitrogens with zero attached hydrogens (tertiary/aromatic N) is 2. The second-order valence-electron chi connectivity index (χ2n) is 10.0. The van der Waals surface area contributed by atoms with Gasteiger partial charge in [-0.05, 0) is 64.1 Å². The molecule has 3 rings (SSSR count). The van der Waals surface area contributed by atoms with E-state index in [0.29, 0.717) is 26.2 Å². The van der Waals surface area contributed by atoms with Crippen molar-refractivity contribution in [3.63, 3.8) is 0 Å². The number of carbonyl (C=O) groups excluding carboxylic acids is 3. The van der Waals surface area contributed by atoms with E-state index in [0.717, 1.165) is 16.8 Å².